The number of aromatic nitrogens is 2. The zero-order chi connectivity index (χ0) is 20.8. The molecule has 0 N–H and O–H groups in total. The Morgan fingerprint density at radius 1 is 0.867 bits per heavy atom. The van der Waals surface area contributed by atoms with Gasteiger partial charge in [0.2, 0.25) is 0 Å². The van der Waals surface area contributed by atoms with Gasteiger partial charge in [-0.25, -0.2) is 0 Å². The number of fused-ring (bicyclic) bond motifs is 2. The van der Waals surface area contributed by atoms with Gasteiger partial charge in [0.05, 0.1) is 33.4 Å². The minimum atomic E-state index is -0.537. The minimum absolute atomic E-state index is 0.304. The highest BCUT2D eigenvalue weighted by Gasteiger charge is 2.39. The third kappa shape index (κ3) is 2.70. The fraction of sp³-hybridized carbons (Fsp3) is 0.0833. The minimum Gasteiger partial charge on any atom is -0.269 e. The Balaban J connectivity index is 1.72. The van der Waals surface area contributed by atoms with Gasteiger partial charge >= 0.3 is 0 Å². The van der Waals surface area contributed by atoms with Gasteiger partial charge < -0.3 is 0 Å². The van der Waals surface area contributed by atoms with Crippen molar-refractivity contribution in [2.45, 2.75) is 13.0 Å². The number of amides is 2. The molecule has 0 saturated carbocycles. The van der Waals surface area contributed by atoms with Crippen molar-refractivity contribution < 1.29 is 9.59 Å². The van der Waals surface area contributed by atoms with Gasteiger partial charge in [0.15, 0.2) is 0 Å². The normalized spacial score (nSPS) is 14.3. The molecule has 146 valence electrons. The van der Waals surface area contributed by atoms with Crippen LogP contribution in [0.25, 0.3) is 22.2 Å². The number of benzene rings is 2. The van der Waals surface area contributed by atoms with E-state index in [4.69, 9.17) is 11.6 Å². The highest BCUT2D eigenvalue weighted by Crippen LogP contribution is 2.39. The molecule has 6 heteroatoms. The maximum atomic E-state index is 13.0. The van der Waals surface area contributed by atoms with Crippen LogP contribution in [0.3, 0.4) is 0 Å². The number of halogens is 1. The Bertz CT molecular complexity index is 1290. The summed E-state index contributed by atoms with van der Waals surface area (Å²) < 4.78 is 0. The van der Waals surface area contributed by atoms with Crippen molar-refractivity contribution in [3.8, 4) is 11.3 Å². The van der Waals surface area contributed by atoms with Crippen LogP contribution in [0.2, 0.25) is 5.02 Å². The average molecular weight is 414 g/mol. The molecule has 3 heterocycles. The van der Waals surface area contributed by atoms with Crippen LogP contribution in [0.15, 0.2) is 73.1 Å². The molecule has 1 aliphatic heterocycles. The number of para-hydroxylation sites is 1. The molecule has 30 heavy (non-hydrogen) atoms. The van der Waals surface area contributed by atoms with Gasteiger partial charge in [0, 0.05) is 28.9 Å². The quantitative estimate of drug-likeness (QED) is 0.427. The summed E-state index contributed by atoms with van der Waals surface area (Å²) in [5, 5.41) is 1.35. The Morgan fingerprint density at radius 3 is 2.23 bits per heavy atom. The second-order valence-corrected chi connectivity index (χ2v) is 7.55. The second-order valence-electron chi connectivity index (χ2n) is 7.14. The maximum absolute atomic E-state index is 13.0. The van der Waals surface area contributed by atoms with Crippen molar-refractivity contribution in [3.05, 3.63) is 94.8 Å². The van der Waals surface area contributed by atoms with Gasteiger partial charge in [0.25, 0.3) is 11.8 Å². The number of rotatable bonds is 3. The Kier molecular flexibility index (Phi) is 4.33. The van der Waals surface area contributed by atoms with E-state index in [1.165, 1.54) is 4.90 Å². The molecule has 0 bridgehead atoms. The lowest BCUT2D eigenvalue weighted by Gasteiger charge is -2.25. The number of hydrogen-bond donors (Lipinski definition) is 0. The summed E-state index contributed by atoms with van der Waals surface area (Å²) >= 11 is 6.38. The van der Waals surface area contributed by atoms with Crippen molar-refractivity contribution in [1.82, 2.24) is 14.9 Å². The molecule has 5 rings (SSSR count). The molecular weight excluding hydrogens is 398 g/mol. The predicted octanol–water partition coefficient (Wildman–Crippen LogP) is 5.31. The molecule has 0 fully saturated rings. The Labute approximate surface area is 178 Å². The summed E-state index contributed by atoms with van der Waals surface area (Å²) in [6.45, 7) is 1.83. The molecule has 0 spiro atoms. The van der Waals surface area contributed by atoms with Crippen molar-refractivity contribution in [2.24, 2.45) is 0 Å². The lowest BCUT2D eigenvalue weighted by atomic mass is 9.95. The van der Waals surface area contributed by atoms with E-state index in [9.17, 15) is 9.59 Å². The summed E-state index contributed by atoms with van der Waals surface area (Å²) in [6.07, 6.45) is 3.40. The molecule has 0 radical (unpaired) electrons. The first kappa shape index (κ1) is 18.5. The number of pyridine rings is 2. The Morgan fingerprint density at radius 2 is 1.57 bits per heavy atom. The van der Waals surface area contributed by atoms with Gasteiger partial charge in [0.1, 0.15) is 0 Å². The number of carbonyl (C=O) groups excluding carboxylic acids is 2. The lowest BCUT2D eigenvalue weighted by Crippen LogP contribution is -2.33. The van der Waals surface area contributed by atoms with Gasteiger partial charge in [-0.15, -0.1) is 0 Å². The highest BCUT2D eigenvalue weighted by molar-refractivity contribution is 6.35. The summed E-state index contributed by atoms with van der Waals surface area (Å²) in [6, 6.07) is 17.6. The smallest absolute Gasteiger partial charge is 0.262 e. The molecule has 2 amide bonds. The summed E-state index contributed by atoms with van der Waals surface area (Å²) in [4.78, 5) is 36.4. The number of hydrogen-bond acceptors (Lipinski definition) is 4. The standard InChI is InChI=1S/C24H16ClN3O2/c1-14(28-23(29)15-7-2-3-8-16(15)24(28)30)18-13-27-22-17(9-6-10-19(22)25)21(18)20-11-4-5-12-26-20/h2-14H,1H3. The first-order chi connectivity index (χ1) is 14.6. The van der Waals surface area contributed by atoms with E-state index in [1.54, 1.807) is 42.7 Å². The van der Waals surface area contributed by atoms with Crippen LogP contribution >= 0.6 is 11.6 Å². The molecule has 0 aliphatic carbocycles. The number of carbonyl (C=O) groups is 2. The van der Waals surface area contributed by atoms with Crippen LogP contribution in [-0.4, -0.2) is 26.7 Å². The molecule has 1 atom stereocenters. The largest absolute Gasteiger partial charge is 0.269 e. The van der Waals surface area contributed by atoms with Crippen molar-refractivity contribution >= 4 is 34.3 Å². The van der Waals surface area contributed by atoms with Gasteiger partial charge in [-0.05, 0) is 37.3 Å². The van der Waals surface area contributed by atoms with Crippen LogP contribution < -0.4 is 0 Å². The monoisotopic (exact) mass is 413 g/mol. The first-order valence-corrected chi connectivity index (χ1v) is 9.91. The molecule has 4 aromatic rings. The van der Waals surface area contributed by atoms with E-state index in [1.807, 2.05) is 37.3 Å². The lowest BCUT2D eigenvalue weighted by molar-refractivity contribution is 0.0595. The first-order valence-electron chi connectivity index (χ1n) is 9.53. The summed E-state index contributed by atoms with van der Waals surface area (Å²) in [5.74, 6) is -0.609. The predicted molar refractivity (Wildman–Crippen MR) is 115 cm³/mol. The maximum Gasteiger partial charge on any atom is 0.262 e. The van der Waals surface area contributed by atoms with E-state index in [0.29, 0.717) is 21.7 Å². The van der Waals surface area contributed by atoms with Gasteiger partial charge in [-0.3, -0.25) is 24.5 Å². The SMILES string of the molecule is CC(c1cnc2c(Cl)cccc2c1-c1ccccn1)N1C(=O)c2ccccc2C1=O. The number of imide groups is 1. The zero-order valence-electron chi connectivity index (χ0n) is 16.0. The Hall–Kier alpha value is -3.57. The van der Waals surface area contributed by atoms with E-state index in [-0.39, 0.29) is 11.8 Å². The van der Waals surface area contributed by atoms with E-state index >= 15 is 0 Å². The summed E-state index contributed by atoms with van der Waals surface area (Å²) in [5.41, 5.74) is 3.77. The van der Waals surface area contributed by atoms with Crippen LogP contribution in [0.4, 0.5) is 0 Å². The fourth-order valence-corrected chi connectivity index (χ4v) is 4.24. The van der Waals surface area contributed by atoms with Crippen LogP contribution in [0.1, 0.15) is 39.2 Å². The molecule has 5 nitrogen and oxygen atoms in total. The van der Waals surface area contributed by atoms with E-state index in [0.717, 1.165) is 22.2 Å². The number of nitrogens with zero attached hydrogens (tertiary/aromatic N) is 3. The second kappa shape index (κ2) is 7.04. The molecule has 0 saturated heterocycles. The third-order valence-corrected chi connectivity index (χ3v) is 5.77. The highest BCUT2D eigenvalue weighted by atomic mass is 35.5. The molecule has 2 aromatic carbocycles. The van der Waals surface area contributed by atoms with E-state index < -0.39 is 6.04 Å². The van der Waals surface area contributed by atoms with Crippen LogP contribution in [0.5, 0.6) is 0 Å². The third-order valence-electron chi connectivity index (χ3n) is 5.46. The van der Waals surface area contributed by atoms with Gasteiger partial charge in [-0.1, -0.05) is 41.9 Å². The fourth-order valence-electron chi connectivity index (χ4n) is 4.01. The van der Waals surface area contributed by atoms with Crippen LogP contribution in [-0.2, 0) is 0 Å². The van der Waals surface area contributed by atoms with Gasteiger partial charge in [-0.2, -0.15) is 0 Å². The summed E-state index contributed by atoms with van der Waals surface area (Å²) in [7, 11) is 0. The average Bonchev–Trinajstić information content (AvgIpc) is 3.04. The molecule has 1 aliphatic rings. The van der Waals surface area contributed by atoms with Crippen molar-refractivity contribution in [1.29, 1.82) is 0 Å². The molecular formula is C24H16ClN3O2. The van der Waals surface area contributed by atoms with Crippen LogP contribution in [0, 0.1) is 0 Å². The van der Waals surface area contributed by atoms with Crippen molar-refractivity contribution in [2.75, 3.05) is 0 Å². The molecule has 1 unspecified atom stereocenters. The van der Waals surface area contributed by atoms with E-state index in [2.05, 4.69) is 9.97 Å². The zero-order valence-corrected chi connectivity index (χ0v) is 16.8. The topological polar surface area (TPSA) is 63.2 Å². The molecule has 2 aromatic heterocycles. The van der Waals surface area contributed by atoms with Crippen molar-refractivity contribution in [3.63, 3.8) is 0 Å².